The van der Waals surface area contributed by atoms with E-state index in [-0.39, 0.29) is 6.04 Å². The van der Waals surface area contributed by atoms with E-state index in [4.69, 9.17) is 5.73 Å². The summed E-state index contributed by atoms with van der Waals surface area (Å²) in [7, 11) is 0. The lowest BCUT2D eigenvalue weighted by Crippen LogP contribution is -2.34. The fourth-order valence-electron chi connectivity index (χ4n) is 2.56. The first-order valence-corrected chi connectivity index (χ1v) is 4.67. The van der Waals surface area contributed by atoms with Gasteiger partial charge in [0, 0.05) is 0 Å². The molecule has 13 heavy (non-hydrogen) atoms. The van der Waals surface area contributed by atoms with Crippen molar-refractivity contribution in [1.29, 1.82) is 0 Å². The predicted molar refractivity (Wildman–Crippen MR) is 46.5 cm³/mol. The van der Waals surface area contributed by atoms with Crippen LogP contribution in [-0.2, 0) is 0 Å². The lowest BCUT2D eigenvalue weighted by Gasteiger charge is -2.08. The molecule has 0 spiro atoms. The van der Waals surface area contributed by atoms with E-state index < -0.39 is 6.03 Å². The lowest BCUT2D eigenvalue weighted by atomic mass is 10.0. The topological polar surface area (TPSA) is 75.8 Å². The summed E-state index contributed by atoms with van der Waals surface area (Å²) in [6.07, 6.45) is 4.61. The third-order valence-corrected chi connectivity index (χ3v) is 3.21. The molecular weight excluding hydrogens is 170 g/mol. The van der Waals surface area contributed by atoms with Gasteiger partial charge in [-0.1, -0.05) is 12.8 Å². The average Bonchev–Trinajstić information content (AvgIpc) is 2.81. The molecule has 2 N–H and O–H groups in total. The van der Waals surface area contributed by atoms with Gasteiger partial charge in [-0.25, -0.2) is 4.79 Å². The van der Waals surface area contributed by atoms with Crippen molar-refractivity contribution in [2.75, 3.05) is 0 Å². The van der Waals surface area contributed by atoms with Gasteiger partial charge in [-0.05, 0) is 24.7 Å². The summed E-state index contributed by atoms with van der Waals surface area (Å²) in [5.41, 5.74) is 5.04. The number of fused-ring (bicyclic) bond motifs is 1. The Balaban J connectivity index is 2.02. The molecule has 2 saturated carbocycles. The molecule has 5 heteroatoms. The van der Waals surface area contributed by atoms with Crippen LogP contribution in [0.4, 0.5) is 4.79 Å². The zero-order valence-corrected chi connectivity index (χ0v) is 7.35. The van der Waals surface area contributed by atoms with E-state index in [1.165, 1.54) is 12.8 Å². The molecule has 2 unspecified atom stereocenters. The SMILES string of the molecule is NC(=O)N(N=O)C1C2CCCCC21. The maximum atomic E-state index is 10.8. The summed E-state index contributed by atoms with van der Waals surface area (Å²) in [4.78, 5) is 21.2. The zero-order valence-electron chi connectivity index (χ0n) is 7.35. The van der Waals surface area contributed by atoms with Crippen LogP contribution in [0.15, 0.2) is 5.29 Å². The zero-order chi connectivity index (χ0) is 9.42. The van der Waals surface area contributed by atoms with E-state index in [9.17, 15) is 9.70 Å². The molecule has 2 aliphatic carbocycles. The van der Waals surface area contributed by atoms with E-state index in [0.717, 1.165) is 17.9 Å². The van der Waals surface area contributed by atoms with Crippen molar-refractivity contribution in [3.63, 3.8) is 0 Å². The van der Waals surface area contributed by atoms with Gasteiger partial charge >= 0.3 is 6.03 Å². The van der Waals surface area contributed by atoms with Gasteiger partial charge in [-0.15, -0.1) is 4.91 Å². The molecule has 72 valence electrons. The molecule has 0 saturated heterocycles. The first-order chi connectivity index (χ1) is 6.25. The second-order valence-corrected chi connectivity index (χ2v) is 3.87. The van der Waals surface area contributed by atoms with Crippen LogP contribution in [0, 0.1) is 16.7 Å². The molecule has 5 nitrogen and oxygen atoms in total. The largest absolute Gasteiger partial charge is 0.350 e. The van der Waals surface area contributed by atoms with E-state index in [0.29, 0.717) is 11.8 Å². The van der Waals surface area contributed by atoms with Crippen LogP contribution in [0.3, 0.4) is 0 Å². The van der Waals surface area contributed by atoms with Crippen molar-refractivity contribution in [2.24, 2.45) is 22.9 Å². The molecular formula is C8H13N3O2. The van der Waals surface area contributed by atoms with Crippen LogP contribution in [0.2, 0.25) is 0 Å². The monoisotopic (exact) mass is 183 g/mol. The first kappa shape index (κ1) is 8.47. The Morgan fingerprint density at radius 2 is 1.85 bits per heavy atom. The predicted octanol–water partition coefficient (Wildman–Crippen LogP) is 1.24. The maximum Gasteiger partial charge on any atom is 0.338 e. The molecule has 2 fully saturated rings. The number of urea groups is 1. The van der Waals surface area contributed by atoms with Crippen LogP contribution >= 0.6 is 0 Å². The molecule has 0 aromatic heterocycles. The molecule has 0 aliphatic heterocycles. The van der Waals surface area contributed by atoms with E-state index in [2.05, 4.69) is 5.29 Å². The van der Waals surface area contributed by atoms with Gasteiger partial charge in [0.25, 0.3) is 0 Å². The number of primary amides is 1. The highest BCUT2D eigenvalue weighted by Crippen LogP contribution is 2.52. The van der Waals surface area contributed by atoms with E-state index in [1.54, 1.807) is 0 Å². The minimum Gasteiger partial charge on any atom is -0.350 e. The Labute approximate surface area is 76.2 Å². The highest BCUT2D eigenvalue weighted by atomic mass is 16.3. The number of carbonyl (C=O) groups is 1. The number of hydrogen-bond donors (Lipinski definition) is 1. The van der Waals surface area contributed by atoms with Crippen molar-refractivity contribution in [2.45, 2.75) is 31.7 Å². The summed E-state index contributed by atoms with van der Waals surface area (Å²) in [6, 6.07) is -0.702. The highest BCUT2D eigenvalue weighted by molar-refractivity contribution is 5.72. The summed E-state index contributed by atoms with van der Waals surface area (Å²) >= 11 is 0. The molecule has 2 rings (SSSR count). The smallest absolute Gasteiger partial charge is 0.338 e. The van der Waals surface area contributed by atoms with Crippen molar-refractivity contribution >= 4 is 6.03 Å². The Bertz CT molecular complexity index is 232. The number of rotatable bonds is 2. The second kappa shape index (κ2) is 2.97. The van der Waals surface area contributed by atoms with Crippen LogP contribution in [0.1, 0.15) is 25.7 Å². The van der Waals surface area contributed by atoms with Crippen molar-refractivity contribution in [3.05, 3.63) is 4.91 Å². The van der Waals surface area contributed by atoms with Crippen molar-refractivity contribution < 1.29 is 4.79 Å². The van der Waals surface area contributed by atoms with Gasteiger partial charge in [-0.3, -0.25) is 0 Å². The standard InChI is InChI=1S/C8H13N3O2/c9-8(12)11(10-13)7-5-3-1-2-4-6(5)7/h5-7H,1-4H2,(H2,9,12). The molecule has 2 amide bonds. The van der Waals surface area contributed by atoms with Crippen molar-refractivity contribution in [1.82, 2.24) is 5.01 Å². The maximum absolute atomic E-state index is 10.8. The highest BCUT2D eigenvalue weighted by Gasteiger charge is 2.55. The third kappa shape index (κ3) is 1.28. The molecule has 0 bridgehead atoms. The molecule has 0 heterocycles. The minimum absolute atomic E-state index is 0.0116. The van der Waals surface area contributed by atoms with Crippen molar-refractivity contribution in [3.8, 4) is 0 Å². The number of carbonyl (C=O) groups excluding carboxylic acids is 1. The Morgan fingerprint density at radius 3 is 2.23 bits per heavy atom. The number of nitrogens with two attached hydrogens (primary N) is 1. The van der Waals surface area contributed by atoms with Crippen LogP contribution in [-0.4, -0.2) is 17.1 Å². The minimum atomic E-state index is -0.714. The molecule has 0 aromatic carbocycles. The molecule has 0 radical (unpaired) electrons. The number of amides is 2. The van der Waals surface area contributed by atoms with Crippen LogP contribution in [0.5, 0.6) is 0 Å². The fraction of sp³-hybridized carbons (Fsp3) is 0.875. The van der Waals surface area contributed by atoms with Gasteiger partial charge in [0.15, 0.2) is 0 Å². The summed E-state index contributed by atoms with van der Waals surface area (Å²) in [5, 5.41) is 3.60. The number of nitrogens with zero attached hydrogens (tertiary/aromatic N) is 2. The molecule has 2 aliphatic rings. The normalized spacial score (nSPS) is 36.2. The van der Waals surface area contributed by atoms with Crippen LogP contribution in [0.25, 0.3) is 0 Å². The van der Waals surface area contributed by atoms with Crippen LogP contribution < -0.4 is 5.73 Å². The molecule has 0 aromatic rings. The van der Waals surface area contributed by atoms with Gasteiger partial charge in [0.1, 0.15) is 0 Å². The van der Waals surface area contributed by atoms with E-state index >= 15 is 0 Å². The quantitative estimate of drug-likeness (QED) is 0.516. The van der Waals surface area contributed by atoms with Gasteiger partial charge in [-0.2, -0.15) is 5.01 Å². The Kier molecular flexibility index (Phi) is 1.94. The average molecular weight is 183 g/mol. The number of nitroso groups, excluding NO2 is 1. The summed E-state index contributed by atoms with van der Waals surface area (Å²) in [5.74, 6) is 0.970. The van der Waals surface area contributed by atoms with Gasteiger partial charge in [0.2, 0.25) is 0 Å². The summed E-state index contributed by atoms with van der Waals surface area (Å²) in [6.45, 7) is 0. The second-order valence-electron chi connectivity index (χ2n) is 3.87. The number of hydrogen-bond acceptors (Lipinski definition) is 3. The Hall–Kier alpha value is -1.13. The third-order valence-electron chi connectivity index (χ3n) is 3.21. The van der Waals surface area contributed by atoms with Gasteiger partial charge < -0.3 is 5.73 Å². The Morgan fingerprint density at radius 1 is 1.31 bits per heavy atom. The molecule has 2 atom stereocenters. The first-order valence-electron chi connectivity index (χ1n) is 4.67. The lowest BCUT2D eigenvalue weighted by molar-refractivity contribution is 0.201. The van der Waals surface area contributed by atoms with E-state index in [1.807, 2.05) is 0 Å². The van der Waals surface area contributed by atoms with Gasteiger partial charge in [0.05, 0.1) is 11.3 Å². The summed E-state index contributed by atoms with van der Waals surface area (Å²) < 4.78 is 0. The fourth-order valence-corrected chi connectivity index (χ4v) is 2.56.